The molecular formula is C12H17ClN4O4. The van der Waals surface area contributed by atoms with Gasteiger partial charge in [0.2, 0.25) is 0 Å². The number of nitro benzene ring substituents is 1. The van der Waals surface area contributed by atoms with Crippen LogP contribution in [0.1, 0.15) is 10.4 Å². The van der Waals surface area contributed by atoms with E-state index in [9.17, 15) is 20.0 Å². The second kappa shape index (κ2) is 7.21. The Kier molecular flexibility index (Phi) is 5.89. The van der Waals surface area contributed by atoms with E-state index < -0.39 is 16.9 Å². The fourth-order valence-electron chi connectivity index (χ4n) is 2.16. The topological polar surface area (TPSA) is 131 Å². The Hall–Kier alpha value is -1.90. The Labute approximate surface area is 127 Å². The van der Waals surface area contributed by atoms with Gasteiger partial charge in [-0.2, -0.15) is 0 Å². The molecule has 0 aromatic heterocycles. The first kappa shape index (κ1) is 17.2. The van der Waals surface area contributed by atoms with Crippen LogP contribution in [0.25, 0.3) is 0 Å². The summed E-state index contributed by atoms with van der Waals surface area (Å²) in [5, 5.41) is 26.0. The van der Waals surface area contributed by atoms with Crippen molar-refractivity contribution >= 4 is 29.7 Å². The molecule has 1 heterocycles. The molecule has 8 nitrogen and oxygen atoms in total. The predicted octanol–water partition coefficient (Wildman–Crippen LogP) is -0.0911. The average Bonchev–Trinajstić information content (AvgIpc) is 2.81. The van der Waals surface area contributed by atoms with Gasteiger partial charge in [0.05, 0.1) is 16.6 Å². The van der Waals surface area contributed by atoms with Crippen molar-refractivity contribution in [2.75, 3.05) is 25.4 Å². The normalized spacial score (nSPS) is 20.6. The molecule has 5 N–H and O–H groups in total. The highest BCUT2D eigenvalue weighted by Crippen LogP contribution is 2.24. The van der Waals surface area contributed by atoms with Gasteiger partial charge >= 0.3 is 0 Å². The molecule has 1 aliphatic heterocycles. The van der Waals surface area contributed by atoms with E-state index in [0.717, 1.165) is 0 Å². The SMILES string of the molecule is Cl.Nc1c(C(=O)NCC2CNCC2O)cccc1[N+](=O)[O-]. The molecule has 1 aromatic rings. The van der Waals surface area contributed by atoms with Gasteiger partial charge in [-0.15, -0.1) is 12.4 Å². The maximum Gasteiger partial charge on any atom is 0.292 e. The van der Waals surface area contributed by atoms with Crippen LogP contribution >= 0.6 is 12.4 Å². The highest BCUT2D eigenvalue weighted by atomic mass is 35.5. The monoisotopic (exact) mass is 316 g/mol. The Balaban J connectivity index is 0.00000220. The van der Waals surface area contributed by atoms with E-state index in [1.807, 2.05) is 0 Å². The number of amides is 1. The molecule has 116 valence electrons. The number of benzene rings is 1. The molecule has 9 heteroatoms. The molecule has 2 unspecified atom stereocenters. The van der Waals surface area contributed by atoms with E-state index in [1.165, 1.54) is 18.2 Å². The zero-order valence-corrected chi connectivity index (χ0v) is 11.9. The first-order chi connectivity index (χ1) is 9.50. The molecule has 1 amide bonds. The number of aliphatic hydroxyl groups is 1. The van der Waals surface area contributed by atoms with Crippen molar-refractivity contribution in [3.63, 3.8) is 0 Å². The minimum Gasteiger partial charge on any atom is -0.393 e. The zero-order chi connectivity index (χ0) is 14.7. The number of hydrogen-bond acceptors (Lipinski definition) is 6. The van der Waals surface area contributed by atoms with E-state index in [2.05, 4.69) is 10.6 Å². The lowest BCUT2D eigenvalue weighted by molar-refractivity contribution is -0.383. The molecule has 21 heavy (non-hydrogen) atoms. The number of nitrogen functional groups attached to an aromatic ring is 1. The number of rotatable bonds is 4. The van der Waals surface area contributed by atoms with E-state index in [4.69, 9.17) is 5.73 Å². The van der Waals surface area contributed by atoms with Gasteiger partial charge in [0.1, 0.15) is 5.69 Å². The summed E-state index contributed by atoms with van der Waals surface area (Å²) >= 11 is 0. The Morgan fingerprint density at radius 3 is 2.81 bits per heavy atom. The van der Waals surface area contributed by atoms with Crippen molar-refractivity contribution in [3.8, 4) is 0 Å². The third-order valence-corrected chi connectivity index (χ3v) is 3.35. The van der Waals surface area contributed by atoms with Crippen LogP contribution in [-0.2, 0) is 0 Å². The maximum absolute atomic E-state index is 12.0. The van der Waals surface area contributed by atoms with E-state index in [0.29, 0.717) is 13.1 Å². The number of nitrogens with one attached hydrogen (secondary N) is 2. The molecule has 0 bridgehead atoms. The number of hydrogen-bond donors (Lipinski definition) is 4. The lowest BCUT2D eigenvalue weighted by Gasteiger charge is -2.14. The second-order valence-corrected chi connectivity index (χ2v) is 4.69. The number of halogens is 1. The summed E-state index contributed by atoms with van der Waals surface area (Å²) in [4.78, 5) is 22.1. The highest BCUT2D eigenvalue weighted by molar-refractivity contribution is 6.00. The Morgan fingerprint density at radius 2 is 2.24 bits per heavy atom. The van der Waals surface area contributed by atoms with Crippen LogP contribution in [0.15, 0.2) is 18.2 Å². The zero-order valence-electron chi connectivity index (χ0n) is 11.1. The third-order valence-electron chi connectivity index (χ3n) is 3.35. The van der Waals surface area contributed by atoms with Gasteiger partial charge in [0.25, 0.3) is 11.6 Å². The van der Waals surface area contributed by atoms with Crippen LogP contribution in [0, 0.1) is 16.0 Å². The van der Waals surface area contributed by atoms with Crippen molar-refractivity contribution in [2.24, 2.45) is 5.92 Å². The van der Waals surface area contributed by atoms with Gasteiger partial charge in [0.15, 0.2) is 0 Å². The number of carbonyl (C=O) groups excluding carboxylic acids is 1. The molecule has 0 saturated carbocycles. The van der Waals surface area contributed by atoms with Crippen molar-refractivity contribution < 1.29 is 14.8 Å². The Bertz CT molecular complexity index is 540. The van der Waals surface area contributed by atoms with Crippen molar-refractivity contribution in [3.05, 3.63) is 33.9 Å². The van der Waals surface area contributed by atoms with Gasteiger partial charge in [-0.1, -0.05) is 6.07 Å². The van der Waals surface area contributed by atoms with Crippen LogP contribution in [0.5, 0.6) is 0 Å². The highest BCUT2D eigenvalue weighted by Gasteiger charge is 2.26. The second-order valence-electron chi connectivity index (χ2n) is 4.69. The smallest absolute Gasteiger partial charge is 0.292 e. The van der Waals surface area contributed by atoms with Gasteiger partial charge in [0, 0.05) is 31.6 Å². The van der Waals surface area contributed by atoms with Crippen LogP contribution in [-0.4, -0.2) is 41.7 Å². The van der Waals surface area contributed by atoms with Crippen LogP contribution < -0.4 is 16.4 Å². The Morgan fingerprint density at radius 1 is 1.52 bits per heavy atom. The van der Waals surface area contributed by atoms with E-state index >= 15 is 0 Å². The van der Waals surface area contributed by atoms with Crippen LogP contribution in [0.3, 0.4) is 0 Å². The van der Waals surface area contributed by atoms with E-state index in [1.54, 1.807) is 0 Å². The first-order valence-electron chi connectivity index (χ1n) is 6.20. The number of nitrogens with two attached hydrogens (primary N) is 1. The van der Waals surface area contributed by atoms with Crippen molar-refractivity contribution in [1.82, 2.24) is 10.6 Å². The summed E-state index contributed by atoms with van der Waals surface area (Å²) in [5.74, 6) is -0.552. The number of anilines is 1. The largest absolute Gasteiger partial charge is 0.393 e. The van der Waals surface area contributed by atoms with Crippen LogP contribution in [0.2, 0.25) is 0 Å². The first-order valence-corrected chi connectivity index (χ1v) is 6.20. The van der Waals surface area contributed by atoms with Crippen molar-refractivity contribution in [1.29, 1.82) is 0 Å². The molecular weight excluding hydrogens is 300 g/mol. The summed E-state index contributed by atoms with van der Waals surface area (Å²) in [6, 6.07) is 4.09. The predicted molar refractivity (Wildman–Crippen MR) is 79.5 cm³/mol. The number of aliphatic hydroxyl groups excluding tert-OH is 1. The number of para-hydroxylation sites is 1. The maximum atomic E-state index is 12.0. The minimum atomic E-state index is -0.628. The fraction of sp³-hybridized carbons (Fsp3) is 0.417. The third kappa shape index (κ3) is 3.81. The lowest BCUT2D eigenvalue weighted by Crippen LogP contribution is -2.34. The molecule has 2 atom stereocenters. The average molecular weight is 317 g/mol. The van der Waals surface area contributed by atoms with Gasteiger partial charge in [-0.25, -0.2) is 0 Å². The summed E-state index contributed by atoms with van der Waals surface area (Å²) in [6.07, 6.45) is -0.502. The summed E-state index contributed by atoms with van der Waals surface area (Å²) in [6.45, 7) is 1.40. The summed E-state index contributed by atoms with van der Waals surface area (Å²) in [5.41, 5.74) is 5.26. The van der Waals surface area contributed by atoms with Crippen LogP contribution in [0.4, 0.5) is 11.4 Å². The number of carbonyl (C=O) groups is 1. The minimum absolute atomic E-state index is 0. The molecule has 0 spiro atoms. The molecule has 1 fully saturated rings. The lowest BCUT2D eigenvalue weighted by atomic mass is 10.1. The molecule has 1 aromatic carbocycles. The number of β-amino-alcohol motifs (C(OH)–C–C–N with tert-alkyl or cyclic N) is 1. The molecule has 1 saturated heterocycles. The van der Waals surface area contributed by atoms with Gasteiger partial charge in [-0.3, -0.25) is 14.9 Å². The summed E-state index contributed by atoms with van der Waals surface area (Å²) in [7, 11) is 0. The summed E-state index contributed by atoms with van der Waals surface area (Å²) < 4.78 is 0. The quantitative estimate of drug-likeness (QED) is 0.349. The van der Waals surface area contributed by atoms with Gasteiger partial charge in [-0.05, 0) is 6.07 Å². The van der Waals surface area contributed by atoms with Gasteiger partial charge < -0.3 is 21.5 Å². The standard InChI is InChI=1S/C12H16N4O4.ClH/c13-11-8(2-1-3-9(11)16(19)20)12(18)15-5-7-4-14-6-10(7)17;/h1-3,7,10,14,17H,4-6,13H2,(H,15,18);1H. The molecule has 1 aliphatic rings. The molecule has 0 aliphatic carbocycles. The molecule has 0 radical (unpaired) electrons. The van der Waals surface area contributed by atoms with E-state index in [-0.39, 0.29) is 41.8 Å². The van der Waals surface area contributed by atoms with Crippen molar-refractivity contribution in [2.45, 2.75) is 6.10 Å². The number of nitrogens with zero attached hydrogens (tertiary/aromatic N) is 1. The molecule has 2 rings (SSSR count). The number of nitro groups is 1. The fourth-order valence-corrected chi connectivity index (χ4v) is 2.16.